The Morgan fingerprint density at radius 1 is 1.12 bits per heavy atom. The summed E-state index contributed by atoms with van der Waals surface area (Å²) in [7, 11) is 3.50. The number of rotatable bonds is 11. The molecule has 15 heteroatoms. The minimum absolute atomic E-state index is 0. The number of thioether (sulfide) groups is 1. The predicted octanol–water partition coefficient (Wildman–Crippen LogP) is 1.54. The van der Waals surface area contributed by atoms with Crippen molar-refractivity contribution in [1.82, 2.24) is 21.0 Å². The molecule has 0 aromatic heterocycles. The smallest absolute Gasteiger partial charge is 0.315 e. The van der Waals surface area contributed by atoms with E-state index in [1.807, 2.05) is 11.8 Å². The minimum Gasteiger partial charge on any atom is -0.355 e. The molecule has 0 aromatic carbocycles. The molecule has 3 heterocycles. The second-order valence-electron chi connectivity index (χ2n) is 7.25. The molecule has 10 nitrogen and oxygen atoms in total. The van der Waals surface area contributed by atoms with Crippen LogP contribution in [-0.4, -0.2) is 81.7 Å². The summed E-state index contributed by atoms with van der Waals surface area (Å²) in [4.78, 5) is 43.5. The number of carbonyl (C=O) groups is 4. The van der Waals surface area contributed by atoms with E-state index in [4.69, 9.17) is 10.9 Å². The number of nitrogens with one attached hydrogen (secondary N) is 3. The van der Waals surface area contributed by atoms with Crippen molar-refractivity contribution in [1.29, 1.82) is 0 Å². The summed E-state index contributed by atoms with van der Waals surface area (Å²) in [6.07, 6.45) is 3.90. The van der Waals surface area contributed by atoms with Gasteiger partial charge < -0.3 is 21.7 Å². The Labute approximate surface area is 218 Å². The van der Waals surface area contributed by atoms with Crippen LogP contribution in [0.2, 0.25) is 0 Å². The Bertz CT molecular complexity index is 637. The number of hydrogen-bond acceptors (Lipinski definition) is 9. The van der Waals surface area contributed by atoms with Gasteiger partial charge in [0.25, 0.3) is 11.8 Å². The van der Waals surface area contributed by atoms with E-state index < -0.39 is 11.8 Å². The van der Waals surface area contributed by atoms with Gasteiger partial charge >= 0.3 is 6.03 Å². The number of fused-ring (bicyclic) bond motifs is 1. The molecular formula is C18H33Cl2N5O5S3. The number of nitrogens with zero attached hydrogens (tertiary/aromatic N) is 1. The summed E-state index contributed by atoms with van der Waals surface area (Å²) in [5.41, 5.74) is 5.41. The number of nitrogens with two attached hydrogens (primary N) is 1. The largest absolute Gasteiger partial charge is 0.355 e. The summed E-state index contributed by atoms with van der Waals surface area (Å²) < 4.78 is 0. The van der Waals surface area contributed by atoms with Crippen LogP contribution in [0.5, 0.6) is 0 Å². The number of hydroxylamine groups is 2. The fourth-order valence-corrected chi connectivity index (χ4v) is 6.63. The Morgan fingerprint density at radius 2 is 1.79 bits per heavy atom. The van der Waals surface area contributed by atoms with Crippen LogP contribution < -0.4 is 21.7 Å². The highest BCUT2D eigenvalue weighted by atomic mass is 35.5. The third kappa shape index (κ3) is 11.6. The van der Waals surface area contributed by atoms with Gasteiger partial charge in [0.15, 0.2) is 0 Å². The van der Waals surface area contributed by atoms with Gasteiger partial charge in [-0.3, -0.25) is 19.6 Å². The second kappa shape index (κ2) is 17.8. The SMILES string of the molecule is Cl.Cl.NCCSSCCNC(=O)CCCCC1SCC2NC(=O)NC21.O=C1CCC(=O)N1O. The number of unbranched alkanes of at least 4 members (excludes halogenated alkanes) is 1. The zero-order chi connectivity index (χ0) is 22.6. The van der Waals surface area contributed by atoms with Crippen LogP contribution in [0.4, 0.5) is 4.79 Å². The van der Waals surface area contributed by atoms with Gasteiger partial charge in [-0.2, -0.15) is 16.8 Å². The molecule has 192 valence electrons. The van der Waals surface area contributed by atoms with E-state index >= 15 is 0 Å². The van der Waals surface area contributed by atoms with Crippen molar-refractivity contribution in [3.05, 3.63) is 0 Å². The monoisotopic (exact) mass is 565 g/mol. The zero-order valence-electron chi connectivity index (χ0n) is 18.2. The number of carbonyl (C=O) groups excluding carboxylic acids is 4. The quantitative estimate of drug-likeness (QED) is 0.0824. The lowest BCUT2D eigenvalue weighted by Crippen LogP contribution is -2.36. The van der Waals surface area contributed by atoms with Gasteiger partial charge in [-0.05, 0) is 12.8 Å². The molecule has 5 amide bonds. The Morgan fingerprint density at radius 3 is 2.39 bits per heavy atom. The number of halogens is 2. The van der Waals surface area contributed by atoms with Crippen molar-refractivity contribution >= 4 is 81.9 Å². The number of imide groups is 1. The predicted molar refractivity (Wildman–Crippen MR) is 138 cm³/mol. The second-order valence-corrected chi connectivity index (χ2v) is 11.2. The lowest BCUT2D eigenvalue weighted by molar-refractivity contribution is -0.171. The third-order valence-electron chi connectivity index (χ3n) is 4.90. The summed E-state index contributed by atoms with van der Waals surface area (Å²) in [6, 6.07) is 0.520. The molecule has 3 rings (SSSR count). The third-order valence-corrected chi connectivity index (χ3v) is 8.85. The summed E-state index contributed by atoms with van der Waals surface area (Å²) in [6.45, 7) is 1.42. The fourth-order valence-electron chi connectivity index (χ4n) is 3.33. The maximum absolute atomic E-state index is 11.7. The Hall–Kier alpha value is -0.570. The summed E-state index contributed by atoms with van der Waals surface area (Å²) in [5, 5.41) is 18.0. The standard InChI is InChI=1S/C14H26N4O2S3.C4H5NO3.2ClH/c15-5-7-22-23-8-6-16-12(19)4-2-1-3-11-13-10(9-21-11)17-14(20)18-13;6-3-1-2-4(7)5(3)8;;/h10-11,13H,1-9,15H2,(H,16,19)(H2,17,18,20);8H,1-2H2;2*1H. The van der Waals surface area contributed by atoms with Crippen molar-refractivity contribution < 1.29 is 24.4 Å². The van der Waals surface area contributed by atoms with E-state index in [-0.39, 0.29) is 66.7 Å². The van der Waals surface area contributed by atoms with E-state index in [9.17, 15) is 19.2 Å². The lowest BCUT2D eigenvalue weighted by atomic mass is 10.0. The summed E-state index contributed by atoms with van der Waals surface area (Å²) >= 11 is 1.93. The normalized spacial score (nSPS) is 22.9. The fraction of sp³-hybridized carbons (Fsp3) is 0.778. The van der Waals surface area contributed by atoms with Crippen LogP contribution in [-0.2, 0) is 14.4 Å². The van der Waals surface area contributed by atoms with Gasteiger partial charge in [-0.1, -0.05) is 28.0 Å². The van der Waals surface area contributed by atoms with Gasteiger partial charge in [0.2, 0.25) is 5.91 Å². The van der Waals surface area contributed by atoms with Crippen LogP contribution in [0.15, 0.2) is 0 Å². The van der Waals surface area contributed by atoms with E-state index in [0.29, 0.717) is 18.2 Å². The van der Waals surface area contributed by atoms with Crippen LogP contribution in [0.1, 0.15) is 38.5 Å². The van der Waals surface area contributed by atoms with Crippen molar-refractivity contribution in [2.24, 2.45) is 5.73 Å². The molecule has 3 unspecified atom stereocenters. The van der Waals surface area contributed by atoms with Gasteiger partial charge in [0.05, 0.1) is 12.1 Å². The molecule has 3 aliphatic rings. The van der Waals surface area contributed by atoms with Crippen molar-refractivity contribution in [2.45, 2.75) is 55.9 Å². The van der Waals surface area contributed by atoms with E-state index in [0.717, 1.165) is 43.1 Å². The molecule has 3 atom stereocenters. The maximum Gasteiger partial charge on any atom is 0.315 e. The van der Waals surface area contributed by atoms with E-state index in [1.165, 1.54) is 0 Å². The summed E-state index contributed by atoms with van der Waals surface area (Å²) in [5.74, 6) is 2.00. The molecule has 0 aliphatic carbocycles. The first-order valence-corrected chi connectivity index (χ1v) is 13.9. The number of hydrogen-bond donors (Lipinski definition) is 5. The molecule has 0 aromatic rings. The first-order valence-electron chi connectivity index (χ1n) is 10.4. The molecule has 6 N–H and O–H groups in total. The zero-order valence-corrected chi connectivity index (χ0v) is 22.2. The molecule has 0 spiro atoms. The van der Waals surface area contributed by atoms with Gasteiger partial charge in [-0.25, -0.2) is 4.79 Å². The van der Waals surface area contributed by atoms with Crippen LogP contribution in [0.3, 0.4) is 0 Å². The molecule has 0 radical (unpaired) electrons. The molecular weight excluding hydrogens is 533 g/mol. The highest BCUT2D eigenvalue weighted by Gasteiger charge is 2.42. The van der Waals surface area contributed by atoms with Crippen LogP contribution >= 0.6 is 58.2 Å². The van der Waals surface area contributed by atoms with Gasteiger partial charge in [0, 0.05) is 54.9 Å². The van der Waals surface area contributed by atoms with Crippen molar-refractivity contribution in [3.8, 4) is 0 Å². The topological polar surface area (TPSA) is 154 Å². The Balaban J connectivity index is 0.000000870. The lowest BCUT2D eigenvalue weighted by Gasteiger charge is -2.16. The molecule has 3 saturated heterocycles. The molecule has 33 heavy (non-hydrogen) atoms. The molecule has 3 fully saturated rings. The highest BCUT2D eigenvalue weighted by molar-refractivity contribution is 8.76. The van der Waals surface area contributed by atoms with Gasteiger partial charge in [-0.15, -0.1) is 24.8 Å². The molecule has 0 saturated carbocycles. The van der Waals surface area contributed by atoms with Crippen molar-refractivity contribution in [2.75, 3.05) is 30.3 Å². The number of urea groups is 1. The first kappa shape index (κ1) is 32.4. The minimum atomic E-state index is -0.505. The van der Waals surface area contributed by atoms with Crippen LogP contribution in [0, 0.1) is 0 Å². The van der Waals surface area contributed by atoms with E-state index in [1.54, 1.807) is 21.6 Å². The van der Waals surface area contributed by atoms with E-state index in [2.05, 4.69) is 16.0 Å². The Kier molecular flexibility index (Phi) is 17.5. The van der Waals surface area contributed by atoms with Gasteiger partial charge in [0.1, 0.15) is 0 Å². The molecule has 0 bridgehead atoms. The average molecular weight is 567 g/mol. The molecule has 3 aliphatic heterocycles. The average Bonchev–Trinajstić information content (AvgIpc) is 3.39. The maximum atomic E-state index is 11.7. The van der Waals surface area contributed by atoms with Crippen LogP contribution in [0.25, 0.3) is 0 Å². The first-order chi connectivity index (χ1) is 14.9. The number of amides is 5. The van der Waals surface area contributed by atoms with Crippen molar-refractivity contribution in [3.63, 3.8) is 0 Å². The highest BCUT2D eigenvalue weighted by Crippen LogP contribution is 2.33.